The summed E-state index contributed by atoms with van der Waals surface area (Å²) in [6.07, 6.45) is 0. The van der Waals surface area contributed by atoms with Crippen molar-refractivity contribution in [3.8, 4) is 11.4 Å². The molecule has 0 bridgehead atoms. The van der Waals surface area contributed by atoms with E-state index in [4.69, 9.17) is 11.6 Å². The van der Waals surface area contributed by atoms with E-state index >= 15 is 0 Å². The summed E-state index contributed by atoms with van der Waals surface area (Å²) < 4.78 is 13.9. The van der Waals surface area contributed by atoms with Gasteiger partial charge in [0.15, 0.2) is 5.82 Å². The van der Waals surface area contributed by atoms with E-state index in [9.17, 15) is 9.18 Å². The van der Waals surface area contributed by atoms with Gasteiger partial charge in [-0.15, -0.1) is 0 Å². The zero-order valence-corrected chi connectivity index (χ0v) is 14.4. The van der Waals surface area contributed by atoms with Gasteiger partial charge in [-0.2, -0.15) is 5.10 Å². The first-order valence-corrected chi connectivity index (χ1v) is 8.11. The fourth-order valence-electron chi connectivity index (χ4n) is 2.30. The van der Waals surface area contributed by atoms with Gasteiger partial charge in [-0.25, -0.2) is 9.37 Å². The van der Waals surface area contributed by atoms with Crippen LogP contribution in [-0.2, 0) is 0 Å². The van der Waals surface area contributed by atoms with Crippen molar-refractivity contribution in [1.82, 2.24) is 15.2 Å². The van der Waals surface area contributed by atoms with Crippen LogP contribution in [-0.4, -0.2) is 21.1 Å². The molecule has 1 aromatic heterocycles. The Hall–Kier alpha value is -2.73. The quantitative estimate of drug-likeness (QED) is 0.713. The molecule has 7 heteroatoms. The van der Waals surface area contributed by atoms with Crippen molar-refractivity contribution >= 4 is 23.2 Å². The standard InChI is InChI=1S/C18H16ClFN4O/c1-10(2)16-22-17(24-23-16)13-5-3-4-6-15(13)21-18(25)12-8-7-11(19)9-14(12)20/h3-10H,1-2H3,(H,21,25)(H,22,23,24). The van der Waals surface area contributed by atoms with Gasteiger partial charge in [0.05, 0.1) is 11.3 Å². The van der Waals surface area contributed by atoms with E-state index in [1.165, 1.54) is 12.1 Å². The number of aromatic amines is 1. The van der Waals surface area contributed by atoms with Gasteiger partial charge >= 0.3 is 0 Å². The lowest BCUT2D eigenvalue weighted by atomic mass is 10.1. The molecule has 1 amide bonds. The number of hydrogen-bond donors (Lipinski definition) is 2. The lowest BCUT2D eigenvalue weighted by Crippen LogP contribution is -2.14. The summed E-state index contributed by atoms with van der Waals surface area (Å²) in [4.78, 5) is 16.8. The van der Waals surface area contributed by atoms with Crippen LogP contribution in [0.3, 0.4) is 0 Å². The summed E-state index contributed by atoms with van der Waals surface area (Å²) in [7, 11) is 0. The van der Waals surface area contributed by atoms with Gasteiger partial charge in [0.1, 0.15) is 11.6 Å². The van der Waals surface area contributed by atoms with Gasteiger partial charge < -0.3 is 5.32 Å². The summed E-state index contributed by atoms with van der Waals surface area (Å²) in [5, 5.41) is 10.0. The number of halogens is 2. The Morgan fingerprint density at radius 2 is 2.00 bits per heavy atom. The van der Waals surface area contributed by atoms with E-state index in [2.05, 4.69) is 20.5 Å². The molecule has 0 spiro atoms. The third-order valence-corrected chi connectivity index (χ3v) is 3.88. The van der Waals surface area contributed by atoms with Crippen LogP contribution in [0.4, 0.5) is 10.1 Å². The second-order valence-electron chi connectivity index (χ2n) is 5.82. The van der Waals surface area contributed by atoms with Gasteiger partial charge in [0, 0.05) is 16.5 Å². The number of benzene rings is 2. The Labute approximate surface area is 149 Å². The summed E-state index contributed by atoms with van der Waals surface area (Å²) in [5.41, 5.74) is 1.06. The zero-order chi connectivity index (χ0) is 18.0. The van der Waals surface area contributed by atoms with E-state index < -0.39 is 11.7 Å². The number of hydrogen-bond acceptors (Lipinski definition) is 3. The number of anilines is 1. The molecule has 1 heterocycles. The minimum Gasteiger partial charge on any atom is -0.321 e. The monoisotopic (exact) mass is 358 g/mol. The van der Waals surface area contributed by atoms with Crippen LogP contribution < -0.4 is 5.32 Å². The van der Waals surface area contributed by atoms with Crippen LogP contribution in [0.25, 0.3) is 11.4 Å². The van der Waals surface area contributed by atoms with Crippen LogP contribution >= 0.6 is 11.6 Å². The molecule has 5 nitrogen and oxygen atoms in total. The third-order valence-electron chi connectivity index (χ3n) is 3.64. The van der Waals surface area contributed by atoms with Crippen LogP contribution in [0.2, 0.25) is 5.02 Å². The molecule has 25 heavy (non-hydrogen) atoms. The molecule has 128 valence electrons. The van der Waals surface area contributed by atoms with Gasteiger partial charge in [-0.1, -0.05) is 37.6 Å². The topological polar surface area (TPSA) is 70.7 Å². The number of carbonyl (C=O) groups excluding carboxylic acids is 1. The average Bonchev–Trinajstić information content (AvgIpc) is 3.05. The normalized spacial score (nSPS) is 10.9. The smallest absolute Gasteiger partial charge is 0.258 e. The maximum Gasteiger partial charge on any atom is 0.258 e. The van der Waals surface area contributed by atoms with Crippen molar-refractivity contribution in [3.05, 3.63) is 64.7 Å². The second-order valence-corrected chi connectivity index (χ2v) is 6.26. The minimum absolute atomic E-state index is 0.0861. The molecule has 0 aliphatic rings. The summed E-state index contributed by atoms with van der Waals surface area (Å²) in [6.45, 7) is 4.00. The molecule has 3 rings (SSSR count). The number of carbonyl (C=O) groups is 1. The summed E-state index contributed by atoms with van der Waals surface area (Å²) in [5.74, 6) is 0.172. The van der Waals surface area contributed by atoms with Crippen LogP contribution in [0.5, 0.6) is 0 Å². The number of para-hydroxylation sites is 1. The first kappa shape index (κ1) is 17.1. The van der Waals surface area contributed by atoms with E-state index in [1.807, 2.05) is 19.9 Å². The minimum atomic E-state index is -0.678. The van der Waals surface area contributed by atoms with Crippen molar-refractivity contribution in [2.45, 2.75) is 19.8 Å². The Kier molecular flexibility index (Phi) is 4.81. The average molecular weight is 359 g/mol. The number of amides is 1. The Bertz CT molecular complexity index is 923. The Morgan fingerprint density at radius 1 is 1.24 bits per heavy atom. The van der Waals surface area contributed by atoms with Crippen LogP contribution in [0.15, 0.2) is 42.5 Å². The first-order valence-electron chi connectivity index (χ1n) is 7.74. The highest BCUT2D eigenvalue weighted by molar-refractivity contribution is 6.30. The lowest BCUT2D eigenvalue weighted by Gasteiger charge is -2.09. The molecule has 2 N–H and O–H groups in total. The number of aromatic nitrogens is 3. The third kappa shape index (κ3) is 3.69. The molecular weight excluding hydrogens is 343 g/mol. The van der Waals surface area contributed by atoms with E-state index in [-0.39, 0.29) is 16.5 Å². The predicted octanol–water partition coefficient (Wildman–Crippen LogP) is 4.64. The summed E-state index contributed by atoms with van der Waals surface area (Å²) >= 11 is 5.72. The number of H-pyrrole nitrogens is 1. The van der Waals surface area contributed by atoms with Crippen molar-refractivity contribution in [2.24, 2.45) is 0 Å². The molecule has 0 saturated carbocycles. The van der Waals surface area contributed by atoms with E-state index in [0.717, 1.165) is 11.9 Å². The zero-order valence-electron chi connectivity index (χ0n) is 13.7. The molecule has 0 unspecified atom stereocenters. The molecular formula is C18H16ClFN4O. The van der Waals surface area contributed by atoms with Gasteiger partial charge in [-0.3, -0.25) is 9.89 Å². The molecule has 0 radical (unpaired) electrons. The summed E-state index contributed by atoms with van der Waals surface area (Å²) in [6, 6.07) is 11.0. The van der Waals surface area contributed by atoms with Gasteiger partial charge in [0.2, 0.25) is 0 Å². The maximum absolute atomic E-state index is 13.9. The predicted molar refractivity (Wildman–Crippen MR) is 95.3 cm³/mol. The van der Waals surface area contributed by atoms with Crippen molar-refractivity contribution in [1.29, 1.82) is 0 Å². The molecule has 3 aromatic rings. The Balaban J connectivity index is 1.91. The lowest BCUT2D eigenvalue weighted by molar-refractivity contribution is 0.102. The number of nitrogens with zero attached hydrogens (tertiary/aromatic N) is 2. The van der Waals surface area contributed by atoms with Gasteiger partial charge in [-0.05, 0) is 30.3 Å². The van der Waals surface area contributed by atoms with Crippen LogP contribution in [0, 0.1) is 5.82 Å². The molecule has 0 aliphatic heterocycles. The maximum atomic E-state index is 13.9. The molecule has 2 aromatic carbocycles. The molecule has 0 atom stereocenters. The van der Waals surface area contributed by atoms with Crippen LogP contribution in [0.1, 0.15) is 35.9 Å². The highest BCUT2D eigenvalue weighted by atomic mass is 35.5. The Morgan fingerprint density at radius 3 is 2.68 bits per heavy atom. The number of rotatable bonds is 4. The first-order chi connectivity index (χ1) is 12.0. The van der Waals surface area contributed by atoms with Gasteiger partial charge in [0.25, 0.3) is 5.91 Å². The largest absolute Gasteiger partial charge is 0.321 e. The number of nitrogens with one attached hydrogen (secondary N) is 2. The SMILES string of the molecule is CC(C)c1nc(-c2ccccc2NC(=O)c2ccc(Cl)cc2F)n[nH]1. The van der Waals surface area contributed by atoms with Crippen molar-refractivity contribution < 1.29 is 9.18 Å². The van der Waals surface area contributed by atoms with Crippen molar-refractivity contribution in [3.63, 3.8) is 0 Å². The molecule has 0 aliphatic carbocycles. The molecule has 0 saturated heterocycles. The fraction of sp³-hybridized carbons (Fsp3) is 0.167. The van der Waals surface area contributed by atoms with E-state index in [0.29, 0.717) is 17.1 Å². The highest BCUT2D eigenvalue weighted by Crippen LogP contribution is 2.26. The fourth-order valence-corrected chi connectivity index (χ4v) is 2.46. The highest BCUT2D eigenvalue weighted by Gasteiger charge is 2.16. The van der Waals surface area contributed by atoms with E-state index in [1.54, 1.807) is 18.2 Å². The second kappa shape index (κ2) is 7.03. The van der Waals surface area contributed by atoms with Crippen molar-refractivity contribution in [2.75, 3.05) is 5.32 Å². The molecule has 0 fully saturated rings.